The third-order valence-electron chi connectivity index (χ3n) is 4.43. The average molecular weight is 366 g/mol. The van der Waals surface area contributed by atoms with Gasteiger partial charge < -0.3 is 15.0 Å². The molecule has 0 bridgehead atoms. The topological polar surface area (TPSA) is 75.7 Å². The second-order valence-corrected chi connectivity index (χ2v) is 6.60. The predicted octanol–water partition coefficient (Wildman–Crippen LogP) is 3.31. The highest BCUT2D eigenvalue weighted by atomic mass is 16.5. The van der Waals surface area contributed by atoms with Crippen molar-refractivity contribution in [1.29, 1.82) is 0 Å². The maximum Gasteiger partial charge on any atom is 0.338 e. The van der Waals surface area contributed by atoms with Crippen molar-refractivity contribution in [1.82, 2.24) is 0 Å². The quantitative estimate of drug-likeness (QED) is 0.824. The number of anilines is 2. The van der Waals surface area contributed by atoms with Crippen LogP contribution in [-0.2, 0) is 14.3 Å². The van der Waals surface area contributed by atoms with Gasteiger partial charge in [0.05, 0.1) is 5.56 Å². The molecule has 1 aliphatic heterocycles. The fourth-order valence-electron chi connectivity index (χ4n) is 2.95. The summed E-state index contributed by atoms with van der Waals surface area (Å²) in [4.78, 5) is 38.0. The Kier molecular flexibility index (Phi) is 5.54. The molecule has 1 N–H and O–H groups in total. The summed E-state index contributed by atoms with van der Waals surface area (Å²) in [6.07, 6.45) is 0.464. The lowest BCUT2D eigenvalue weighted by atomic mass is 10.2. The summed E-state index contributed by atoms with van der Waals surface area (Å²) in [7, 11) is 0. The fraction of sp³-hybridized carbons (Fsp3) is 0.286. The summed E-state index contributed by atoms with van der Waals surface area (Å²) in [6, 6.07) is 14.0. The van der Waals surface area contributed by atoms with Gasteiger partial charge in [-0.3, -0.25) is 9.59 Å². The maximum atomic E-state index is 12.3. The van der Waals surface area contributed by atoms with Gasteiger partial charge in [0.2, 0.25) is 5.91 Å². The Labute approximate surface area is 158 Å². The zero-order valence-corrected chi connectivity index (χ0v) is 15.4. The highest BCUT2D eigenvalue weighted by Crippen LogP contribution is 2.22. The molecule has 27 heavy (non-hydrogen) atoms. The molecule has 1 aliphatic rings. The van der Waals surface area contributed by atoms with Crippen molar-refractivity contribution in [2.24, 2.45) is 0 Å². The van der Waals surface area contributed by atoms with Crippen LogP contribution in [0, 0.1) is 6.92 Å². The van der Waals surface area contributed by atoms with Crippen LogP contribution in [0.1, 0.15) is 35.7 Å². The number of carbonyl (C=O) groups excluding carboxylic acids is 3. The van der Waals surface area contributed by atoms with Crippen LogP contribution >= 0.6 is 0 Å². The van der Waals surface area contributed by atoms with Crippen LogP contribution in [0.15, 0.2) is 48.5 Å². The second-order valence-electron chi connectivity index (χ2n) is 6.60. The van der Waals surface area contributed by atoms with Crippen LogP contribution in [0.3, 0.4) is 0 Å². The fourth-order valence-corrected chi connectivity index (χ4v) is 2.95. The lowest BCUT2D eigenvalue weighted by Gasteiger charge is -2.16. The molecule has 3 rings (SSSR count). The molecule has 6 heteroatoms. The minimum absolute atomic E-state index is 0.0896. The molecule has 0 spiro atoms. The van der Waals surface area contributed by atoms with Gasteiger partial charge in [0.25, 0.3) is 5.91 Å². The van der Waals surface area contributed by atoms with Crippen LogP contribution in [0.5, 0.6) is 0 Å². The van der Waals surface area contributed by atoms with Gasteiger partial charge in [-0.05, 0) is 62.2 Å². The van der Waals surface area contributed by atoms with Gasteiger partial charge in [-0.15, -0.1) is 0 Å². The summed E-state index contributed by atoms with van der Waals surface area (Å²) >= 11 is 0. The van der Waals surface area contributed by atoms with E-state index < -0.39 is 18.0 Å². The minimum Gasteiger partial charge on any atom is -0.449 e. The molecule has 2 aromatic carbocycles. The Morgan fingerprint density at radius 1 is 1.15 bits per heavy atom. The molecule has 1 fully saturated rings. The first-order valence-electron chi connectivity index (χ1n) is 8.93. The highest BCUT2D eigenvalue weighted by molar-refractivity contribution is 5.98. The van der Waals surface area contributed by atoms with E-state index in [0.717, 1.165) is 17.7 Å². The predicted molar refractivity (Wildman–Crippen MR) is 103 cm³/mol. The molecule has 1 atom stereocenters. The van der Waals surface area contributed by atoms with E-state index in [0.29, 0.717) is 24.2 Å². The maximum absolute atomic E-state index is 12.3. The van der Waals surface area contributed by atoms with Gasteiger partial charge in [-0.25, -0.2) is 4.79 Å². The minimum atomic E-state index is -0.933. The molecule has 0 aliphatic carbocycles. The molecule has 2 aromatic rings. The van der Waals surface area contributed by atoms with Crippen molar-refractivity contribution in [3.8, 4) is 0 Å². The third-order valence-corrected chi connectivity index (χ3v) is 4.43. The molecular formula is C21H22N2O4. The van der Waals surface area contributed by atoms with E-state index in [1.807, 2.05) is 25.1 Å². The van der Waals surface area contributed by atoms with Crippen LogP contribution in [0.25, 0.3) is 0 Å². The average Bonchev–Trinajstić information content (AvgIpc) is 3.07. The van der Waals surface area contributed by atoms with Crippen LogP contribution in [0.2, 0.25) is 0 Å². The van der Waals surface area contributed by atoms with E-state index in [2.05, 4.69) is 5.32 Å². The molecule has 0 saturated carbocycles. The number of amides is 2. The summed E-state index contributed by atoms with van der Waals surface area (Å²) in [5.41, 5.74) is 2.77. The number of esters is 1. The van der Waals surface area contributed by atoms with Gasteiger partial charge in [-0.1, -0.05) is 12.1 Å². The monoisotopic (exact) mass is 366 g/mol. The third kappa shape index (κ3) is 4.53. The summed E-state index contributed by atoms with van der Waals surface area (Å²) in [5, 5.41) is 2.73. The van der Waals surface area contributed by atoms with Crippen LogP contribution in [0.4, 0.5) is 11.4 Å². The Hall–Kier alpha value is -3.15. The van der Waals surface area contributed by atoms with Gasteiger partial charge in [0.1, 0.15) is 0 Å². The molecule has 2 amide bonds. The molecule has 6 nitrogen and oxygen atoms in total. The number of ether oxygens (including phenoxy) is 1. The summed E-state index contributed by atoms with van der Waals surface area (Å²) in [6.45, 7) is 4.15. The lowest BCUT2D eigenvalue weighted by molar-refractivity contribution is -0.123. The van der Waals surface area contributed by atoms with E-state index in [1.54, 1.807) is 35.2 Å². The largest absolute Gasteiger partial charge is 0.449 e. The zero-order valence-electron chi connectivity index (χ0n) is 15.4. The molecule has 1 saturated heterocycles. The summed E-state index contributed by atoms with van der Waals surface area (Å²) < 4.78 is 5.26. The van der Waals surface area contributed by atoms with Crippen LogP contribution < -0.4 is 10.2 Å². The molecular weight excluding hydrogens is 344 g/mol. The Morgan fingerprint density at radius 3 is 2.52 bits per heavy atom. The number of benzene rings is 2. The van der Waals surface area contributed by atoms with Gasteiger partial charge in [-0.2, -0.15) is 0 Å². The van der Waals surface area contributed by atoms with Crippen molar-refractivity contribution in [3.63, 3.8) is 0 Å². The number of hydrogen-bond donors (Lipinski definition) is 1. The van der Waals surface area contributed by atoms with E-state index in [9.17, 15) is 14.4 Å². The van der Waals surface area contributed by atoms with Crippen molar-refractivity contribution in [2.45, 2.75) is 32.8 Å². The highest BCUT2D eigenvalue weighted by Gasteiger charge is 2.23. The molecule has 1 heterocycles. The van der Waals surface area contributed by atoms with Crippen molar-refractivity contribution < 1.29 is 19.1 Å². The number of rotatable bonds is 5. The van der Waals surface area contributed by atoms with Gasteiger partial charge >= 0.3 is 5.97 Å². The molecule has 0 radical (unpaired) electrons. The zero-order chi connectivity index (χ0) is 19.4. The number of carbonyl (C=O) groups is 3. The summed E-state index contributed by atoms with van der Waals surface area (Å²) in [5.74, 6) is -0.888. The SMILES string of the molecule is Cc1cccc(NC(=O)[C@H](C)OC(=O)c2ccc(N3CCCC3=O)cc2)c1. The first-order chi connectivity index (χ1) is 12.9. The van der Waals surface area contributed by atoms with E-state index in [-0.39, 0.29) is 5.91 Å². The van der Waals surface area contributed by atoms with Crippen LogP contribution in [-0.4, -0.2) is 30.4 Å². The van der Waals surface area contributed by atoms with Crippen molar-refractivity contribution in [2.75, 3.05) is 16.8 Å². The van der Waals surface area contributed by atoms with Gasteiger partial charge in [0, 0.05) is 24.3 Å². The molecule has 0 unspecified atom stereocenters. The number of hydrogen-bond acceptors (Lipinski definition) is 4. The standard InChI is InChI=1S/C21H22N2O4/c1-14-5-3-6-17(13-14)22-20(25)15(2)27-21(26)16-8-10-18(11-9-16)23-12-4-7-19(23)24/h3,5-6,8-11,13,15H,4,7,12H2,1-2H3,(H,22,25)/t15-/m0/s1. The Bertz CT molecular complexity index is 861. The second kappa shape index (κ2) is 8.03. The Balaban J connectivity index is 1.59. The number of nitrogens with one attached hydrogen (secondary N) is 1. The lowest BCUT2D eigenvalue weighted by Crippen LogP contribution is -2.30. The first kappa shape index (κ1) is 18.6. The smallest absolute Gasteiger partial charge is 0.338 e. The van der Waals surface area contributed by atoms with Crippen molar-refractivity contribution >= 4 is 29.2 Å². The first-order valence-corrected chi connectivity index (χ1v) is 8.93. The van der Waals surface area contributed by atoms with E-state index >= 15 is 0 Å². The molecule has 140 valence electrons. The van der Waals surface area contributed by atoms with E-state index in [4.69, 9.17) is 4.74 Å². The van der Waals surface area contributed by atoms with Gasteiger partial charge in [0.15, 0.2) is 6.10 Å². The molecule has 0 aromatic heterocycles. The van der Waals surface area contributed by atoms with Crippen molar-refractivity contribution in [3.05, 3.63) is 59.7 Å². The Morgan fingerprint density at radius 2 is 1.89 bits per heavy atom. The normalized spacial score (nSPS) is 14.7. The number of nitrogens with zero attached hydrogens (tertiary/aromatic N) is 1. The number of aryl methyl sites for hydroxylation is 1. The van der Waals surface area contributed by atoms with E-state index in [1.165, 1.54) is 6.92 Å².